The van der Waals surface area contributed by atoms with Crippen LogP contribution in [0.4, 0.5) is 10.1 Å². The van der Waals surface area contributed by atoms with Crippen LogP contribution in [-0.4, -0.2) is 53.7 Å². The maximum Gasteiger partial charge on any atom is 0.258 e. The number of carbonyl (C=O) groups excluding carboxylic acids is 3. The van der Waals surface area contributed by atoms with Crippen LogP contribution in [-0.2, 0) is 22.6 Å². The number of amides is 3. The summed E-state index contributed by atoms with van der Waals surface area (Å²) in [4.78, 5) is 42.9. The van der Waals surface area contributed by atoms with Gasteiger partial charge in [0.2, 0.25) is 11.8 Å². The van der Waals surface area contributed by atoms with E-state index in [0.29, 0.717) is 43.0 Å². The van der Waals surface area contributed by atoms with Crippen molar-refractivity contribution in [1.82, 2.24) is 9.80 Å². The van der Waals surface area contributed by atoms with E-state index in [1.807, 2.05) is 43.3 Å². The van der Waals surface area contributed by atoms with Crippen molar-refractivity contribution in [3.05, 3.63) is 101 Å². The van der Waals surface area contributed by atoms with Crippen molar-refractivity contribution in [3.63, 3.8) is 0 Å². The van der Waals surface area contributed by atoms with Crippen molar-refractivity contribution in [3.8, 4) is 0 Å². The quantitative estimate of drug-likeness (QED) is 0.523. The van der Waals surface area contributed by atoms with Gasteiger partial charge in [-0.15, -0.1) is 0 Å². The van der Waals surface area contributed by atoms with Crippen LogP contribution in [0.2, 0.25) is 0 Å². The zero-order valence-corrected chi connectivity index (χ0v) is 20.6. The SMILES string of the molecule is CC(=O)N1CCN(C(=O)Cc2ccc(N(Cc3cccc(F)c3)C(=O)c3ccc(C)cc3)cc2)CC1. The lowest BCUT2D eigenvalue weighted by atomic mass is 10.1. The van der Waals surface area contributed by atoms with Gasteiger partial charge in [0.15, 0.2) is 0 Å². The second-order valence-corrected chi connectivity index (χ2v) is 9.12. The number of rotatable bonds is 6. The summed E-state index contributed by atoms with van der Waals surface area (Å²) in [5.74, 6) is -0.501. The molecule has 0 radical (unpaired) electrons. The number of nitrogens with zero attached hydrogens (tertiary/aromatic N) is 3. The van der Waals surface area contributed by atoms with Gasteiger partial charge in [-0.25, -0.2) is 4.39 Å². The first-order valence-corrected chi connectivity index (χ1v) is 12.1. The van der Waals surface area contributed by atoms with E-state index in [1.54, 1.807) is 45.9 Å². The lowest BCUT2D eigenvalue weighted by Gasteiger charge is -2.34. The fourth-order valence-corrected chi connectivity index (χ4v) is 4.30. The van der Waals surface area contributed by atoms with Gasteiger partial charge in [0.25, 0.3) is 5.91 Å². The molecule has 0 bridgehead atoms. The van der Waals surface area contributed by atoms with Crippen molar-refractivity contribution in [2.75, 3.05) is 31.1 Å². The molecule has 1 saturated heterocycles. The zero-order chi connectivity index (χ0) is 25.7. The van der Waals surface area contributed by atoms with Gasteiger partial charge < -0.3 is 14.7 Å². The van der Waals surface area contributed by atoms with Crippen LogP contribution in [0, 0.1) is 12.7 Å². The third-order valence-corrected chi connectivity index (χ3v) is 6.45. The minimum Gasteiger partial charge on any atom is -0.339 e. The average molecular weight is 488 g/mol. The molecule has 1 aliphatic rings. The third kappa shape index (κ3) is 6.16. The highest BCUT2D eigenvalue weighted by atomic mass is 19.1. The number of anilines is 1. The number of hydrogen-bond donors (Lipinski definition) is 0. The predicted molar refractivity (Wildman–Crippen MR) is 137 cm³/mol. The summed E-state index contributed by atoms with van der Waals surface area (Å²) in [5, 5.41) is 0. The Morgan fingerprint density at radius 1 is 0.833 bits per heavy atom. The van der Waals surface area contributed by atoms with E-state index < -0.39 is 0 Å². The number of halogens is 1. The van der Waals surface area contributed by atoms with E-state index in [9.17, 15) is 18.8 Å². The smallest absolute Gasteiger partial charge is 0.258 e. The number of hydrogen-bond acceptors (Lipinski definition) is 3. The van der Waals surface area contributed by atoms with Crippen molar-refractivity contribution in [2.24, 2.45) is 0 Å². The van der Waals surface area contributed by atoms with E-state index >= 15 is 0 Å². The topological polar surface area (TPSA) is 60.9 Å². The molecule has 3 aromatic rings. The summed E-state index contributed by atoms with van der Waals surface area (Å²) in [7, 11) is 0. The van der Waals surface area contributed by atoms with E-state index in [1.165, 1.54) is 12.1 Å². The summed E-state index contributed by atoms with van der Waals surface area (Å²) >= 11 is 0. The number of aryl methyl sites for hydroxylation is 1. The Labute approximate surface area is 210 Å². The molecule has 0 atom stereocenters. The molecule has 0 saturated carbocycles. The largest absolute Gasteiger partial charge is 0.339 e. The molecule has 1 aliphatic heterocycles. The highest BCUT2D eigenvalue weighted by Crippen LogP contribution is 2.22. The Morgan fingerprint density at radius 2 is 1.47 bits per heavy atom. The molecular formula is C29H30FN3O3. The predicted octanol–water partition coefficient (Wildman–Crippen LogP) is 4.21. The van der Waals surface area contributed by atoms with Crippen molar-refractivity contribution < 1.29 is 18.8 Å². The lowest BCUT2D eigenvalue weighted by Crippen LogP contribution is -2.50. The molecule has 6 nitrogen and oxygen atoms in total. The first kappa shape index (κ1) is 25.1. The third-order valence-electron chi connectivity index (χ3n) is 6.45. The summed E-state index contributed by atoms with van der Waals surface area (Å²) in [6.07, 6.45) is 0.246. The van der Waals surface area contributed by atoms with Crippen LogP contribution in [0.5, 0.6) is 0 Å². The van der Waals surface area contributed by atoms with Crippen molar-refractivity contribution in [2.45, 2.75) is 26.8 Å². The van der Waals surface area contributed by atoms with Gasteiger partial charge in [-0.3, -0.25) is 14.4 Å². The van der Waals surface area contributed by atoms with Crippen molar-refractivity contribution >= 4 is 23.4 Å². The standard InChI is InChI=1S/C29H30FN3O3/c1-21-6-10-25(11-7-21)29(36)33(20-24-4-3-5-26(30)18-24)27-12-8-23(9-13-27)19-28(35)32-16-14-31(15-17-32)22(2)34/h3-13,18H,14-17,19-20H2,1-2H3. The van der Waals surface area contributed by atoms with Crippen LogP contribution in [0.3, 0.4) is 0 Å². The Kier molecular flexibility index (Phi) is 7.78. The summed E-state index contributed by atoms with van der Waals surface area (Å²) < 4.78 is 13.8. The van der Waals surface area contributed by atoms with Gasteiger partial charge in [0.05, 0.1) is 13.0 Å². The van der Waals surface area contributed by atoms with Crippen LogP contribution in [0.15, 0.2) is 72.8 Å². The van der Waals surface area contributed by atoms with E-state index in [4.69, 9.17) is 0 Å². The van der Waals surface area contributed by atoms with Gasteiger partial charge in [0, 0.05) is 44.4 Å². The second-order valence-electron chi connectivity index (χ2n) is 9.12. The van der Waals surface area contributed by atoms with Gasteiger partial charge in [-0.2, -0.15) is 0 Å². The van der Waals surface area contributed by atoms with Gasteiger partial charge in [-0.1, -0.05) is 42.0 Å². The highest BCUT2D eigenvalue weighted by Gasteiger charge is 2.23. The van der Waals surface area contributed by atoms with Crippen LogP contribution >= 0.6 is 0 Å². The van der Waals surface area contributed by atoms with E-state index in [2.05, 4.69) is 0 Å². The van der Waals surface area contributed by atoms with Gasteiger partial charge >= 0.3 is 0 Å². The zero-order valence-electron chi connectivity index (χ0n) is 20.6. The number of carbonyl (C=O) groups is 3. The molecule has 36 heavy (non-hydrogen) atoms. The molecule has 0 N–H and O–H groups in total. The first-order valence-electron chi connectivity index (χ1n) is 12.1. The molecule has 0 aromatic heterocycles. The summed E-state index contributed by atoms with van der Waals surface area (Å²) in [5.41, 5.74) is 3.78. The van der Waals surface area contributed by atoms with E-state index in [0.717, 1.165) is 11.1 Å². The molecule has 0 unspecified atom stereocenters. The Balaban J connectivity index is 1.50. The maximum atomic E-state index is 13.8. The second kappa shape index (κ2) is 11.2. The fourth-order valence-electron chi connectivity index (χ4n) is 4.30. The number of benzene rings is 3. The molecule has 0 aliphatic carbocycles. The number of piperazine rings is 1. The Bertz CT molecular complexity index is 1230. The normalized spacial score (nSPS) is 13.4. The molecule has 186 valence electrons. The van der Waals surface area contributed by atoms with Crippen LogP contribution in [0.1, 0.15) is 34.0 Å². The molecule has 1 heterocycles. The Morgan fingerprint density at radius 3 is 2.08 bits per heavy atom. The first-order chi connectivity index (χ1) is 17.3. The molecule has 3 aromatic carbocycles. The molecular weight excluding hydrogens is 457 g/mol. The van der Waals surface area contributed by atoms with Crippen molar-refractivity contribution in [1.29, 1.82) is 0 Å². The summed E-state index contributed by atoms with van der Waals surface area (Å²) in [6.45, 7) is 5.88. The average Bonchev–Trinajstić information content (AvgIpc) is 2.88. The molecule has 0 spiro atoms. The summed E-state index contributed by atoms with van der Waals surface area (Å²) in [6, 6.07) is 20.9. The fraction of sp³-hybridized carbons (Fsp3) is 0.276. The van der Waals surface area contributed by atoms with E-state index in [-0.39, 0.29) is 36.5 Å². The lowest BCUT2D eigenvalue weighted by molar-refractivity contribution is -0.138. The molecule has 4 rings (SSSR count). The van der Waals surface area contributed by atoms with Crippen LogP contribution < -0.4 is 4.90 Å². The van der Waals surface area contributed by atoms with Crippen LogP contribution in [0.25, 0.3) is 0 Å². The monoisotopic (exact) mass is 487 g/mol. The molecule has 1 fully saturated rings. The molecule has 7 heteroatoms. The molecule has 3 amide bonds. The highest BCUT2D eigenvalue weighted by molar-refractivity contribution is 6.06. The van der Waals surface area contributed by atoms with Gasteiger partial charge in [0.1, 0.15) is 5.82 Å². The minimum absolute atomic E-state index is 0.0123. The maximum absolute atomic E-state index is 13.8. The Hall–Kier alpha value is -4.00. The van der Waals surface area contributed by atoms with Gasteiger partial charge in [-0.05, 0) is 54.4 Å². The minimum atomic E-state index is -0.353.